The van der Waals surface area contributed by atoms with E-state index in [-0.39, 0.29) is 18.7 Å². The molecule has 8 heteroatoms. The van der Waals surface area contributed by atoms with Gasteiger partial charge >= 0.3 is 0 Å². The summed E-state index contributed by atoms with van der Waals surface area (Å²) in [7, 11) is 0. The Labute approximate surface area is 157 Å². The molecular weight excluding hydrogens is 346 g/mol. The third kappa shape index (κ3) is 3.03. The molecule has 1 N–H and O–H groups in total. The smallest absolute Gasteiger partial charge is 0.276 e. The standard InChI is InChI=1S/C19H23N5O3/c25-19(15-11-24(22-21-15)14-5-7-20-8-6-14)23-9-1-2-16(23)13-3-4-17-18(10-13)27-12-26-17/h3-4,10-11,14,16,20H,1-2,5-9,12H2. The summed E-state index contributed by atoms with van der Waals surface area (Å²) in [5.74, 6) is 1.47. The van der Waals surface area contributed by atoms with Crippen molar-refractivity contribution in [2.24, 2.45) is 0 Å². The number of likely N-dealkylation sites (tertiary alicyclic amines) is 1. The molecule has 1 aromatic heterocycles. The summed E-state index contributed by atoms with van der Waals surface area (Å²) < 4.78 is 12.7. The number of nitrogens with zero attached hydrogens (tertiary/aromatic N) is 4. The first-order chi connectivity index (χ1) is 13.3. The molecule has 2 aromatic rings. The van der Waals surface area contributed by atoms with Crippen LogP contribution in [0.2, 0.25) is 0 Å². The number of benzene rings is 1. The highest BCUT2D eigenvalue weighted by Gasteiger charge is 2.33. The van der Waals surface area contributed by atoms with Gasteiger partial charge in [0.25, 0.3) is 5.91 Å². The van der Waals surface area contributed by atoms with Crippen LogP contribution < -0.4 is 14.8 Å². The van der Waals surface area contributed by atoms with E-state index in [4.69, 9.17) is 9.47 Å². The summed E-state index contributed by atoms with van der Waals surface area (Å²) in [6, 6.07) is 6.30. The molecule has 3 aliphatic rings. The van der Waals surface area contributed by atoms with E-state index in [0.29, 0.717) is 11.7 Å². The molecule has 4 heterocycles. The van der Waals surface area contributed by atoms with E-state index < -0.39 is 0 Å². The average molecular weight is 369 g/mol. The van der Waals surface area contributed by atoms with E-state index >= 15 is 0 Å². The lowest BCUT2D eigenvalue weighted by atomic mass is 10.0. The first-order valence-electron chi connectivity index (χ1n) is 9.62. The zero-order chi connectivity index (χ0) is 18.2. The molecule has 142 valence electrons. The lowest BCUT2D eigenvalue weighted by Gasteiger charge is -2.24. The summed E-state index contributed by atoms with van der Waals surface area (Å²) in [6.45, 7) is 2.95. The quantitative estimate of drug-likeness (QED) is 0.890. The second kappa shape index (κ2) is 6.84. The molecule has 1 atom stereocenters. The Morgan fingerprint density at radius 3 is 2.89 bits per heavy atom. The maximum absolute atomic E-state index is 13.1. The summed E-state index contributed by atoms with van der Waals surface area (Å²) in [4.78, 5) is 15.0. The van der Waals surface area contributed by atoms with Gasteiger partial charge < -0.3 is 19.7 Å². The maximum atomic E-state index is 13.1. The predicted octanol–water partition coefficient (Wildman–Crippen LogP) is 1.91. The molecular formula is C19H23N5O3. The minimum Gasteiger partial charge on any atom is -0.454 e. The van der Waals surface area contributed by atoms with E-state index in [0.717, 1.165) is 62.4 Å². The van der Waals surface area contributed by atoms with Crippen molar-refractivity contribution in [2.45, 2.75) is 37.8 Å². The Morgan fingerprint density at radius 1 is 1.15 bits per heavy atom. The second-order valence-electron chi connectivity index (χ2n) is 7.33. The molecule has 0 bridgehead atoms. The molecule has 27 heavy (non-hydrogen) atoms. The fraction of sp³-hybridized carbons (Fsp3) is 0.526. The van der Waals surface area contributed by atoms with Gasteiger partial charge in [-0.25, -0.2) is 4.68 Å². The number of carbonyl (C=O) groups excluding carboxylic acids is 1. The highest BCUT2D eigenvalue weighted by atomic mass is 16.7. The van der Waals surface area contributed by atoms with Gasteiger partial charge in [0.1, 0.15) is 0 Å². The van der Waals surface area contributed by atoms with E-state index in [1.54, 1.807) is 0 Å². The fourth-order valence-electron chi connectivity index (χ4n) is 4.25. The minimum absolute atomic E-state index is 0.0380. The first-order valence-corrected chi connectivity index (χ1v) is 9.62. The molecule has 2 saturated heterocycles. The number of rotatable bonds is 3. The number of piperidine rings is 1. The van der Waals surface area contributed by atoms with Gasteiger partial charge in [0.15, 0.2) is 17.2 Å². The highest BCUT2D eigenvalue weighted by Crippen LogP contribution is 2.39. The average Bonchev–Trinajstić information content (AvgIpc) is 3.47. The SMILES string of the molecule is O=C(c1cn(C2CCNCC2)nn1)N1CCCC1c1ccc2c(c1)OCO2. The molecule has 0 radical (unpaired) electrons. The number of ether oxygens (including phenoxy) is 2. The van der Waals surface area contributed by atoms with Crippen molar-refractivity contribution in [2.75, 3.05) is 26.4 Å². The van der Waals surface area contributed by atoms with Gasteiger partial charge in [0.05, 0.1) is 18.3 Å². The number of aromatic nitrogens is 3. The van der Waals surface area contributed by atoms with Crippen molar-refractivity contribution in [1.82, 2.24) is 25.2 Å². The monoisotopic (exact) mass is 369 g/mol. The van der Waals surface area contributed by atoms with Gasteiger partial charge in [-0.3, -0.25) is 4.79 Å². The van der Waals surface area contributed by atoms with E-state index in [1.807, 2.05) is 34.0 Å². The van der Waals surface area contributed by atoms with Crippen molar-refractivity contribution >= 4 is 5.91 Å². The van der Waals surface area contributed by atoms with Crippen LogP contribution in [0.1, 0.15) is 53.8 Å². The van der Waals surface area contributed by atoms with Crippen LogP contribution in [-0.2, 0) is 0 Å². The largest absolute Gasteiger partial charge is 0.454 e. The lowest BCUT2D eigenvalue weighted by molar-refractivity contribution is 0.0729. The Kier molecular flexibility index (Phi) is 4.20. The van der Waals surface area contributed by atoms with Crippen LogP contribution in [0.3, 0.4) is 0 Å². The van der Waals surface area contributed by atoms with Crippen LogP contribution in [0.25, 0.3) is 0 Å². The van der Waals surface area contributed by atoms with Crippen LogP contribution in [0.5, 0.6) is 11.5 Å². The topological polar surface area (TPSA) is 81.5 Å². The van der Waals surface area contributed by atoms with Crippen molar-refractivity contribution in [1.29, 1.82) is 0 Å². The molecule has 2 fully saturated rings. The lowest BCUT2D eigenvalue weighted by Crippen LogP contribution is -2.31. The molecule has 1 unspecified atom stereocenters. The van der Waals surface area contributed by atoms with E-state index in [2.05, 4.69) is 15.6 Å². The number of fused-ring (bicyclic) bond motifs is 1. The van der Waals surface area contributed by atoms with Gasteiger partial charge in [0.2, 0.25) is 6.79 Å². The van der Waals surface area contributed by atoms with Crippen molar-refractivity contribution < 1.29 is 14.3 Å². The first kappa shape index (κ1) is 16.6. The van der Waals surface area contributed by atoms with Gasteiger partial charge in [-0.15, -0.1) is 5.10 Å². The van der Waals surface area contributed by atoms with Crippen LogP contribution in [-0.4, -0.2) is 52.2 Å². The molecule has 0 saturated carbocycles. The molecule has 3 aliphatic heterocycles. The Balaban J connectivity index is 1.35. The van der Waals surface area contributed by atoms with E-state index in [9.17, 15) is 4.79 Å². The zero-order valence-corrected chi connectivity index (χ0v) is 15.1. The number of carbonyl (C=O) groups is 1. The van der Waals surface area contributed by atoms with Crippen LogP contribution in [0.15, 0.2) is 24.4 Å². The van der Waals surface area contributed by atoms with E-state index in [1.165, 1.54) is 0 Å². The molecule has 0 spiro atoms. The number of hydrogen-bond donors (Lipinski definition) is 1. The van der Waals surface area contributed by atoms with Crippen LogP contribution in [0.4, 0.5) is 0 Å². The Bertz CT molecular complexity index is 846. The minimum atomic E-state index is -0.0460. The normalized spacial score (nSPS) is 22.4. The number of nitrogens with one attached hydrogen (secondary N) is 1. The van der Waals surface area contributed by atoms with Gasteiger partial charge in [-0.1, -0.05) is 11.3 Å². The van der Waals surface area contributed by atoms with Crippen LogP contribution in [0, 0.1) is 0 Å². The molecule has 8 nitrogen and oxygen atoms in total. The highest BCUT2D eigenvalue weighted by molar-refractivity contribution is 5.92. The summed E-state index contributed by atoms with van der Waals surface area (Å²) in [5, 5.41) is 11.8. The molecule has 5 rings (SSSR count). The summed E-state index contributed by atoms with van der Waals surface area (Å²) >= 11 is 0. The molecule has 0 aliphatic carbocycles. The third-order valence-electron chi connectivity index (χ3n) is 5.71. The van der Waals surface area contributed by atoms with Gasteiger partial charge in [0, 0.05) is 6.54 Å². The third-order valence-corrected chi connectivity index (χ3v) is 5.71. The molecule has 1 aromatic carbocycles. The maximum Gasteiger partial charge on any atom is 0.276 e. The number of amides is 1. The Morgan fingerprint density at radius 2 is 2.00 bits per heavy atom. The summed E-state index contributed by atoms with van der Waals surface area (Å²) in [5.41, 5.74) is 1.51. The Hall–Kier alpha value is -2.61. The fourth-order valence-corrected chi connectivity index (χ4v) is 4.25. The molecule has 1 amide bonds. The van der Waals surface area contributed by atoms with Gasteiger partial charge in [-0.05, 0) is 56.5 Å². The van der Waals surface area contributed by atoms with Crippen LogP contribution >= 0.6 is 0 Å². The van der Waals surface area contributed by atoms with Gasteiger partial charge in [-0.2, -0.15) is 0 Å². The van der Waals surface area contributed by atoms with Crippen molar-refractivity contribution in [3.63, 3.8) is 0 Å². The van der Waals surface area contributed by atoms with Crippen molar-refractivity contribution in [3.8, 4) is 11.5 Å². The second-order valence-corrected chi connectivity index (χ2v) is 7.33. The summed E-state index contributed by atoms with van der Waals surface area (Å²) in [6.07, 6.45) is 5.76. The zero-order valence-electron chi connectivity index (χ0n) is 15.1. The number of hydrogen-bond acceptors (Lipinski definition) is 6. The van der Waals surface area contributed by atoms with Crippen molar-refractivity contribution in [3.05, 3.63) is 35.7 Å². The predicted molar refractivity (Wildman–Crippen MR) is 96.7 cm³/mol.